The number of hydrogen-bond acceptors (Lipinski definition) is 3. The van der Waals surface area contributed by atoms with E-state index < -0.39 is 0 Å². The van der Waals surface area contributed by atoms with Gasteiger partial charge in [0.15, 0.2) is 0 Å². The van der Waals surface area contributed by atoms with Crippen molar-refractivity contribution in [3.05, 3.63) is 30.1 Å². The van der Waals surface area contributed by atoms with E-state index in [4.69, 9.17) is 5.73 Å². The molecule has 1 amide bonds. The Balaban J connectivity index is 2.27. The molecule has 1 aromatic heterocycles. The van der Waals surface area contributed by atoms with Crippen LogP contribution in [0.4, 0.5) is 0 Å². The van der Waals surface area contributed by atoms with Crippen molar-refractivity contribution in [1.29, 1.82) is 0 Å². The molecule has 0 aliphatic carbocycles. The van der Waals surface area contributed by atoms with Gasteiger partial charge in [0.2, 0.25) is 5.91 Å². The molecular weight excluding hydrogens is 214 g/mol. The minimum Gasteiger partial charge on any atom is -0.356 e. The van der Waals surface area contributed by atoms with Crippen molar-refractivity contribution in [2.24, 2.45) is 11.1 Å². The maximum atomic E-state index is 11.6. The van der Waals surface area contributed by atoms with E-state index in [2.05, 4.69) is 10.3 Å². The lowest BCUT2D eigenvalue weighted by molar-refractivity contribution is -0.121. The Labute approximate surface area is 103 Å². The number of amides is 1. The maximum Gasteiger partial charge on any atom is 0.220 e. The molecule has 1 heterocycles. The molecule has 0 fully saturated rings. The smallest absolute Gasteiger partial charge is 0.220 e. The van der Waals surface area contributed by atoms with Crippen LogP contribution in [0.2, 0.25) is 0 Å². The molecule has 1 rings (SSSR count). The van der Waals surface area contributed by atoms with E-state index >= 15 is 0 Å². The molecule has 0 radical (unpaired) electrons. The minimum atomic E-state index is -0.0377. The SMILES string of the molecule is CC(C)(CN)CNC(=O)CCc1cccnc1. The lowest BCUT2D eigenvalue weighted by Crippen LogP contribution is -2.38. The maximum absolute atomic E-state index is 11.6. The number of nitrogens with two attached hydrogens (primary N) is 1. The van der Waals surface area contributed by atoms with Gasteiger partial charge in [0, 0.05) is 25.4 Å². The normalized spacial score (nSPS) is 11.2. The monoisotopic (exact) mass is 235 g/mol. The molecule has 0 unspecified atom stereocenters. The van der Waals surface area contributed by atoms with Gasteiger partial charge in [-0.05, 0) is 30.0 Å². The molecule has 4 heteroatoms. The van der Waals surface area contributed by atoms with Crippen LogP contribution in [0.15, 0.2) is 24.5 Å². The van der Waals surface area contributed by atoms with E-state index in [1.165, 1.54) is 0 Å². The zero-order valence-corrected chi connectivity index (χ0v) is 10.6. The second kappa shape index (κ2) is 6.35. The van der Waals surface area contributed by atoms with Gasteiger partial charge in [-0.15, -0.1) is 0 Å². The van der Waals surface area contributed by atoms with Gasteiger partial charge in [0.05, 0.1) is 0 Å². The summed E-state index contributed by atoms with van der Waals surface area (Å²) in [4.78, 5) is 15.6. The summed E-state index contributed by atoms with van der Waals surface area (Å²) in [6, 6.07) is 3.86. The molecule has 0 aliphatic rings. The molecule has 0 aromatic carbocycles. The van der Waals surface area contributed by atoms with Crippen LogP contribution in [0, 0.1) is 5.41 Å². The Morgan fingerprint density at radius 3 is 2.88 bits per heavy atom. The first-order chi connectivity index (χ1) is 8.03. The minimum absolute atomic E-state index is 0.0377. The van der Waals surface area contributed by atoms with Gasteiger partial charge >= 0.3 is 0 Å². The van der Waals surface area contributed by atoms with Crippen molar-refractivity contribution in [2.45, 2.75) is 26.7 Å². The molecule has 4 nitrogen and oxygen atoms in total. The number of pyridine rings is 1. The van der Waals surface area contributed by atoms with Gasteiger partial charge in [0.1, 0.15) is 0 Å². The van der Waals surface area contributed by atoms with E-state index in [9.17, 15) is 4.79 Å². The van der Waals surface area contributed by atoms with Crippen molar-refractivity contribution >= 4 is 5.91 Å². The number of carbonyl (C=O) groups is 1. The van der Waals surface area contributed by atoms with Crippen LogP contribution < -0.4 is 11.1 Å². The summed E-state index contributed by atoms with van der Waals surface area (Å²) in [5.41, 5.74) is 6.64. The number of nitrogens with zero attached hydrogens (tertiary/aromatic N) is 1. The van der Waals surface area contributed by atoms with Crippen molar-refractivity contribution in [3.8, 4) is 0 Å². The largest absolute Gasteiger partial charge is 0.356 e. The average molecular weight is 235 g/mol. The van der Waals surface area contributed by atoms with Gasteiger partial charge in [-0.1, -0.05) is 19.9 Å². The Hall–Kier alpha value is -1.42. The summed E-state index contributed by atoms with van der Waals surface area (Å²) in [6.45, 7) is 5.26. The highest BCUT2D eigenvalue weighted by molar-refractivity contribution is 5.76. The lowest BCUT2D eigenvalue weighted by atomic mass is 9.94. The van der Waals surface area contributed by atoms with Crippen LogP contribution in [0.5, 0.6) is 0 Å². The topological polar surface area (TPSA) is 68.0 Å². The zero-order valence-electron chi connectivity index (χ0n) is 10.6. The summed E-state index contributed by atoms with van der Waals surface area (Å²) >= 11 is 0. The number of nitrogens with one attached hydrogen (secondary N) is 1. The fraction of sp³-hybridized carbons (Fsp3) is 0.538. The Kier molecular flexibility index (Phi) is 5.10. The number of carbonyl (C=O) groups excluding carboxylic acids is 1. The second-order valence-electron chi connectivity index (χ2n) is 5.01. The summed E-state index contributed by atoms with van der Waals surface area (Å²) in [7, 11) is 0. The van der Waals surface area contributed by atoms with Crippen molar-refractivity contribution in [3.63, 3.8) is 0 Å². The van der Waals surface area contributed by atoms with Crippen molar-refractivity contribution < 1.29 is 4.79 Å². The highest BCUT2D eigenvalue weighted by atomic mass is 16.1. The molecule has 0 aliphatic heterocycles. The van der Waals surface area contributed by atoms with E-state index in [1.807, 2.05) is 26.0 Å². The molecule has 0 saturated heterocycles. The standard InChI is InChI=1S/C13H21N3O/c1-13(2,9-14)10-16-12(17)6-5-11-4-3-7-15-8-11/h3-4,7-8H,5-6,9-10,14H2,1-2H3,(H,16,17). The average Bonchev–Trinajstić information content (AvgIpc) is 2.35. The van der Waals surface area contributed by atoms with Crippen LogP contribution in [0.1, 0.15) is 25.8 Å². The summed E-state index contributed by atoms with van der Waals surface area (Å²) < 4.78 is 0. The van der Waals surface area contributed by atoms with Crippen LogP contribution in [0.25, 0.3) is 0 Å². The van der Waals surface area contributed by atoms with Crippen molar-refractivity contribution in [1.82, 2.24) is 10.3 Å². The van der Waals surface area contributed by atoms with Crippen LogP contribution in [-0.2, 0) is 11.2 Å². The summed E-state index contributed by atoms with van der Waals surface area (Å²) in [5.74, 6) is 0.0652. The highest BCUT2D eigenvalue weighted by Gasteiger charge is 2.16. The van der Waals surface area contributed by atoms with Crippen LogP contribution in [0.3, 0.4) is 0 Å². The van der Waals surface area contributed by atoms with E-state index in [0.29, 0.717) is 19.5 Å². The predicted octanol–water partition coefficient (Wildman–Crippen LogP) is 1.12. The number of rotatable bonds is 6. The summed E-state index contributed by atoms with van der Waals surface area (Å²) in [5, 5.41) is 2.90. The first-order valence-electron chi connectivity index (χ1n) is 5.89. The molecular formula is C13H21N3O. The second-order valence-corrected chi connectivity index (χ2v) is 5.01. The van der Waals surface area contributed by atoms with Gasteiger partial charge in [-0.3, -0.25) is 9.78 Å². The summed E-state index contributed by atoms with van der Waals surface area (Å²) in [6.07, 6.45) is 4.74. The molecule has 3 N–H and O–H groups in total. The molecule has 0 atom stereocenters. The molecule has 0 saturated carbocycles. The van der Waals surface area contributed by atoms with Crippen molar-refractivity contribution in [2.75, 3.05) is 13.1 Å². The Morgan fingerprint density at radius 2 is 2.29 bits per heavy atom. The van der Waals surface area contributed by atoms with E-state index in [0.717, 1.165) is 12.0 Å². The fourth-order valence-corrected chi connectivity index (χ4v) is 1.30. The lowest BCUT2D eigenvalue weighted by Gasteiger charge is -2.22. The molecule has 17 heavy (non-hydrogen) atoms. The van der Waals surface area contributed by atoms with Gasteiger partial charge in [-0.25, -0.2) is 0 Å². The third-order valence-electron chi connectivity index (χ3n) is 2.68. The first kappa shape index (κ1) is 13.6. The van der Waals surface area contributed by atoms with E-state index in [-0.39, 0.29) is 11.3 Å². The number of aryl methyl sites for hydroxylation is 1. The zero-order chi connectivity index (χ0) is 12.7. The molecule has 0 spiro atoms. The van der Waals surface area contributed by atoms with Crippen LogP contribution in [-0.4, -0.2) is 24.0 Å². The highest BCUT2D eigenvalue weighted by Crippen LogP contribution is 2.10. The quantitative estimate of drug-likeness (QED) is 0.776. The number of aromatic nitrogens is 1. The fourth-order valence-electron chi connectivity index (χ4n) is 1.30. The molecule has 1 aromatic rings. The third-order valence-corrected chi connectivity index (χ3v) is 2.68. The molecule has 94 valence electrons. The first-order valence-corrected chi connectivity index (χ1v) is 5.89. The van der Waals surface area contributed by atoms with Gasteiger partial charge in [0.25, 0.3) is 0 Å². The number of hydrogen-bond donors (Lipinski definition) is 2. The van der Waals surface area contributed by atoms with Gasteiger partial charge < -0.3 is 11.1 Å². The van der Waals surface area contributed by atoms with Gasteiger partial charge in [-0.2, -0.15) is 0 Å². The van der Waals surface area contributed by atoms with E-state index in [1.54, 1.807) is 12.4 Å². The third kappa shape index (κ3) is 5.45. The Morgan fingerprint density at radius 1 is 1.53 bits per heavy atom. The Bertz CT molecular complexity index is 349. The van der Waals surface area contributed by atoms with Crippen LogP contribution >= 0.6 is 0 Å². The molecule has 0 bridgehead atoms. The predicted molar refractivity (Wildman–Crippen MR) is 68.4 cm³/mol.